The van der Waals surface area contributed by atoms with Gasteiger partial charge in [-0.2, -0.15) is 0 Å². The third-order valence-corrected chi connectivity index (χ3v) is 1.63. The Morgan fingerprint density at radius 2 is 1.64 bits per heavy atom. The van der Waals surface area contributed by atoms with Crippen molar-refractivity contribution in [3.8, 4) is 0 Å². The summed E-state index contributed by atoms with van der Waals surface area (Å²) in [7, 11) is 0. The molecule has 7 heteroatoms. The summed E-state index contributed by atoms with van der Waals surface area (Å²) in [4.78, 5) is 0. The van der Waals surface area contributed by atoms with Crippen molar-refractivity contribution in [2.24, 2.45) is 0 Å². The van der Waals surface area contributed by atoms with Gasteiger partial charge in [0.1, 0.15) is 0 Å². The molecule has 1 rings (SSSR count). The first-order valence-electron chi connectivity index (χ1n) is 3.60. The molecular weight excluding hydrogens is 209 g/mol. The Labute approximate surface area is 75.6 Å². The van der Waals surface area contributed by atoms with Gasteiger partial charge in [0.15, 0.2) is 0 Å². The summed E-state index contributed by atoms with van der Waals surface area (Å²) in [6.45, 7) is -5.49. The molecule has 0 saturated heterocycles. The second-order valence-corrected chi connectivity index (χ2v) is 2.66. The van der Waals surface area contributed by atoms with E-state index >= 15 is 0 Å². The van der Waals surface area contributed by atoms with Crippen LogP contribution >= 0.6 is 0 Å². The maximum absolute atomic E-state index is 12.7. The van der Waals surface area contributed by atoms with Crippen LogP contribution in [0.25, 0.3) is 0 Å². The lowest BCUT2D eigenvalue weighted by Crippen LogP contribution is -2.36. The Bertz CT molecular complexity index is 331. The number of hydrogen-bond acceptors (Lipinski definition) is 0. The number of hydrogen-bond donors (Lipinski definition) is 0. The van der Waals surface area contributed by atoms with Crippen LogP contribution in [0.1, 0.15) is 12.0 Å². The van der Waals surface area contributed by atoms with Gasteiger partial charge in [-0.25, -0.2) is 13.2 Å². The summed E-state index contributed by atoms with van der Waals surface area (Å²) in [6, 6.07) is 1.10. The van der Waals surface area contributed by atoms with Crippen LogP contribution in [0.5, 0.6) is 0 Å². The van der Waals surface area contributed by atoms with E-state index in [4.69, 9.17) is 0 Å². The minimum Gasteiger partial charge on any atom is -0.445 e. The van der Waals surface area contributed by atoms with Gasteiger partial charge < -0.3 is 12.9 Å². The van der Waals surface area contributed by atoms with Crippen LogP contribution in [0.3, 0.4) is 0 Å². The topological polar surface area (TPSA) is 0 Å². The summed E-state index contributed by atoms with van der Waals surface area (Å²) in [5.74, 6) is -1.66. The molecule has 0 fully saturated rings. The lowest BCUT2D eigenvalue weighted by molar-refractivity contribution is 0.151. The van der Waals surface area contributed by atoms with E-state index in [0.29, 0.717) is 12.1 Å². The van der Waals surface area contributed by atoms with Crippen LogP contribution in [0.2, 0.25) is 0 Å². The maximum atomic E-state index is 12.7. The highest BCUT2D eigenvalue weighted by atomic mass is 19.4. The quantitative estimate of drug-likeness (QED) is 0.523. The molecule has 0 nitrogen and oxygen atoms in total. The molecule has 0 aromatic heterocycles. The second kappa shape index (κ2) is 3.55. The van der Waals surface area contributed by atoms with Crippen molar-refractivity contribution in [2.75, 3.05) is 0 Å². The summed E-state index contributed by atoms with van der Waals surface area (Å²) >= 11 is 0. The molecule has 14 heavy (non-hydrogen) atoms. The molecule has 0 aliphatic rings. The lowest BCUT2D eigenvalue weighted by Gasteiger charge is -2.16. The number of benzene rings is 1. The first-order chi connectivity index (χ1) is 6.32. The average Bonchev–Trinajstić information content (AvgIpc) is 2.01. The predicted octanol–water partition coefficient (Wildman–Crippen LogP) is 2.82. The summed E-state index contributed by atoms with van der Waals surface area (Å²) in [5, 5.41) is 0. The molecule has 0 N–H and O–H groups in total. The van der Waals surface area contributed by atoms with Crippen molar-refractivity contribution in [3.63, 3.8) is 0 Å². The number of halogens is 6. The standard InChI is InChI=1S/C7H4BF6/c9-6-3-4(7(10)11)1-2-5(6)8(12,13)14/h1-3,7H/q-1. The van der Waals surface area contributed by atoms with Gasteiger partial charge in [0.25, 0.3) is 6.43 Å². The highest BCUT2D eigenvalue weighted by Crippen LogP contribution is 2.20. The Balaban J connectivity index is 3.15. The highest BCUT2D eigenvalue weighted by molar-refractivity contribution is 6.73. The van der Waals surface area contributed by atoms with E-state index in [9.17, 15) is 26.1 Å². The first-order valence-corrected chi connectivity index (χ1v) is 3.60. The Hall–Kier alpha value is -1.14. The second-order valence-electron chi connectivity index (χ2n) is 2.66. The van der Waals surface area contributed by atoms with E-state index in [2.05, 4.69) is 0 Å². The van der Waals surface area contributed by atoms with Gasteiger partial charge in [-0.05, 0) is 6.07 Å². The van der Waals surface area contributed by atoms with Gasteiger partial charge in [0.2, 0.25) is 0 Å². The summed E-state index contributed by atoms with van der Waals surface area (Å²) in [5.41, 5.74) is -2.24. The minimum atomic E-state index is -5.49. The third-order valence-electron chi connectivity index (χ3n) is 1.63. The predicted molar refractivity (Wildman–Crippen MR) is 40.1 cm³/mol. The van der Waals surface area contributed by atoms with Crippen LogP contribution in [0.15, 0.2) is 18.2 Å². The maximum Gasteiger partial charge on any atom is 0.512 e. The van der Waals surface area contributed by atoms with Crippen LogP contribution in [-0.2, 0) is 0 Å². The van der Waals surface area contributed by atoms with Crippen molar-refractivity contribution in [1.82, 2.24) is 0 Å². The zero-order valence-electron chi connectivity index (χ0n) is 6.65. The number of alkyl halides is 2. The molecule has 0 unspecified atom stereocenters. The molecule has 1 aromatic rings. The molecule has 0 amide bonds. The van der Waals surface area contributed by atoms with E-state index < -0.39 is 30.2 Å². The van der Waals surface area contributed by atoms with E-state index in [1.807, 2.05) is 0 Å². The molecule has 0 saturated carbocycles. The zero-order chi connectivity index (χ0) is 10.9. The Morgan fingerprint density at radius 1 is 1.07 bits per heavy atom. The monoisotopic (exact) mass is 213 g/mol. The molecule has 0 aliphatic carbocycles. The zero-order valence-corrected chi connectivity index (χ0v) is 6.65. The molecular formula is C7H4BF6-. The lowest BCUT2D eigenvalue weighted by atomic mass is 9.79. The fraction of sp³-hybridized carbons (Fsp3) is 0.143. The van der Waals surface area contributed by atoms with Crippen molar-refractivity contribution >= 4 is 12.4 Å². The fourth-order valence-electron chi connectivity index (χ4n) is 0.945. The van der Waals surface area contributed by atoms with Gasteiger partial charge in [-0.1, -0.05) is 17.6 Å². The van der Waals surface area contributed by atoms with Crippen LogP contribution in [0.4, 0.5) is 26.1 Å². The van der Waals surface area contributed by atoms with E-state index in [0.717, 1.165) is 0 Å². The fourth-order valence-corrected chi connectivity index (χ4v) is 0.945. The van der Waals surface area contributed by atoms with E-state index in [-0.39, 0.29) is 6.07 Å². The molecule has 78 valence electrons. The molecule has 0 bridgehead atoms. The van der Waals surface area contributed by atoms with Gasteiger partial charge >= 0.3 is 6.98 Å². The SMILES string of the molecule is Fc1cc(C(F)F)ccc1[B-](F)(F)F. The largest absolute Gasteiger partial charge is 0.512 e. The van der Waals surface area contributed by atoms with E-state index in [1.54, 1.807) is 0 Å². The Morgan fingerprint density at radius 3 is 2.00 bits per heavy atom. The molecule has 0 spiro atoms. The van der Waals surface area contributed by atoms with Gasteiger partial charge in [0, 0.05) is 5.56 Å². The molecule has 0 atom stereocenters. The van der Waals surface area contributed by atoms with E-state index in [1.165, 1.54) is 0 Å². The normalized spacial score (nSPS) is 12.2. The summed E-state index contributed by atoms with van der Waals surface area (Å²) in [6.07, 6.45) is -2.97. The minimum absolute atomic E-state index is 0.204. The van der Waals surface area contributed by atoms with Crippen molar-refractivity contribution in [3.05, 3.63) is 29.6 Å². The van der Waals surface area contributed by atoms with Crippen LogP contribution in [0, 0.1) is 5.82 Å². The highest BCUT2D eigenvalue weighted by Gasteiger charge is 2.29. The van der Waals surface area contributed by atoms with Crippen LogP contribution < -0.4 is 5.46 Å². The van der Waals surface area contributed by atoms with Gasteiger partial charge in [-0.3, -0.25) is 0 Å². The van der Waals surface area contributed by atoms with Crippen molar-refractivity contribution < 1.29 is 26.1 Å². The smallest absolute Gasteiger partial charge is 0.445 e. The van der Waals surface area contributed by atoms with Gasteiger partial charge in [-0.15, -0.1) is 0 Å². The van der Waals surface area contributed by atoms with Gasteiger partial charge in [0.05, 0.1) is 5.82 Å². The molecule has 0 radical (unpaired) electrons. The third kappa shape index (κ3) is 2.21. The Kier molecular flexibility index (Phi) is 2.77. The average molecular weight is 213 g/mol. The number of rotatable bonds is 2. The van der Waals surface area contributed by atoms with Crippen molar-refractivity contribution in [1.29, 1.82) is 0 Å². The molecule has 0 aliphatic heterocycles. The summed E-state index contributed by atoms with van der Waals surface area (Å²) < 4.78 is 72.6. The first kappa shape index (κ1) is 10.9. The molecule has 0 heterocycles. The van der Waals surface area contributed by atoms with Crippen LogP contribution in [-0.4, -0.2) is 6.98 Å². The molecule has 1 aromatic carbocycles. The van der Waals surface area contributed by atoms with Crippen molar-refractivity contribution in [2.45, 2.75) is 6.43 Å².